The highest BCUT2D eigenvalue weighted by Gasteiger charge is 2.28. The normalized spacial score (nSPS) is 17.1. The number of nitrogens with two attached hydrogens (primary N) is 1. The first kappa shape index (κ1) is 12.9. The van der Waals surface area contributed by atoms with Crippen LogP contribution in [-0.4, -0.2) is 30.4 Å². The zero-order valence-corrected chi connectivity index (χ0v) is 11.5. The number of fused-ring (bicyclic) bond motifs is 1. The van der Waals surface area contributed by atoms with Crippen LogP contribution >= 0.6 is 15.9 Å². The lowest BCUT2D eigenvalue weighted by Gasteiger charge is -2.23. The van der Waals surface area contributed by atoms with Crippen LogP contribution in [0.5, 0.6) is 0 Å². The van der Waals surface area contributed by atoms with E-state index >= 15 is 0 Å². The van der Waals surface area contributed by atoms with E-state index in [9.17, 15) is 9.59 Å². The number of likely N-dealkylation sites (N-methyl/N-ethyl adjacent to an activating group) is 1. The molecule has 0 saturated heterocycles. The van der Waals surface area contributed by atoms with Crippen molar-refractivity contribution in [2.75, 3.05) is 12.8 Å². The largest absolute Gasteiger partial charge is 0.398 e. The Kier molecular flexibility index (Phi) is 3.56. The van der Waals surface area contributed by atoms with E-state index < -0.39 is 0 Å². The molecule has 0 aliphatic heterocycles. The molecule has 0 radical (unpaired) electrons. The Morgan fingerprint density at radius 1 is 1.50 bits per heavy atom. The minimum Gasteiger partial charge on any atom is -0.398 e. The number of nitrogen functional groups attached to an aromatic ring is 1. The molecule has 18 heavy (non-hydrogen) atoms. The van der Waals surface area contributed by atoms with Crippen LogP contribution in [0.15, 0.2) is 16.6 Å². The van der Waals surface area contributed by atoms with Gasteiger partial charge in [0.15, 0.2) is 0 Å². The Morgan fingerprint density at radius 2 is 2.11 bits per heavy atom. The Labute approximate surface area is 113 Å². The summed E-state index contributed by atoms with van der Waals surface area (Å²) in [5, 5.41) is 2.14. The first-order valence-electron chi connectivity index (χ1n) is 5.56. The second kappa shape index (κ2) is 4.97. The van der Waals surface area contributed by atoms with E-state index in [1.165, 1.54) is 5.56 Å². The van der Waals surface area contributed by atoms with Crippen LogP contribution in [0.25, 0.3) is 0 Å². The number of urea groups is 1. The van der Waals surface area contributed by atoms with Gasteiger partial charge >= 0.3 is 6.03 Å². The van der Waals surface area contributed by atoms with Crippen molar-refractivity contribution in [2.45, 2.75) is 18.9 Å². The van der Waals surface area contributed by atoms with Crippen LogP contribution in [0.4, 0.5) is 10.5 Å². The van der Waals surface area contributed by atoms with Gasteiger partial charge in [0, 0.05) is 23.2 Å². The van der Waals surface area contributed by atoms with Crippen molar-refractivity contribution in [1.29, 1.82) is 0 Å². The highest BCUT2D eigenvalue weighted by Crippen LogP contribution is 2.31. The molecule has 1 aromatic carbocycles. The zero-order valence-electron chi connectivity index (χ0n) is 9.94. The quantitative estimate of drug-likeness (QED) is 0.638. The fraction of sp³-hybridized carbons (Fsp3) is 0.333. The Hall–Kier alpha value is -1.56. The van der Waals surface area contributed by atoms with Crippen molar-refractivity contribution < 1.29 is 9.59 Å². The average molecular weight is 312 g/mol. The number of halogens is 1. The monoisotopic (exact) mass is 311 g/mol. The molecule has 3 amide bonds. The number of rotatable bonds is 2. The molecule has 1 aliphatic carbocycles. The van der Waals surface area contributed by atoms with Crippen molar-refractivity contribution in [3.8, 4) is 0 Å². The number of carbonyl (C=O) groups is 2. The summed E-state index contributed by atoms with van der Waals surface area (Å²) in [6, 6.07) is 3.62. The van der Waals surface area contributed by atoms with E-state index in [2.05, 4.69) is 21.2 Å². The number of benzene rings is 1. The van der Waals surface area contributed by atoms with E-state index in [1.54, 1.807) is 11.9 Å². The Morgan fingerprint density at radius 3 is 2.72 bits per heavy atom. The number of hydrogen-bond donors (Lipinski definition) is 2. The van der Waals surface area contributed by atoms with Gasteiger partial charge in [-0.25, -0.2) is 4.79 Å². The van der Waals surface area contributed by atoms with Gasteiger partial charge in [0.1, 0.15) is 0 Å². The summed E-state index contributed by atoms with van der Waals surface area (Å²) >= 11 is 3.40. The molecule has 0 heterocycles. The summed E-state index contributed by atoms with van der Waals surface area (Å²) < 4.78 is 0.877. The van der Waals surface area contributed by atoms with Crippen molar-refractivity contribution in [1.82, 2.24) is 10.2 Å². The summed E-state index contributed by atoms with van der Waals surface area (Å²) in [6.07, 6.45) is 1.93. The van der Waals surface area contributed by atoms with E-state index in [0.717, 1.165) is 22.9 Å². The van der Waals surface area contributed by atoms with Crippen LogP contribution in [0, 0.1) is 0 Å². The van der Waals surface area contributed by atoms with Crippen molar-refractivity contribution in [3.63, 3.8) is 0 Å². The molecule has 0 bridgehead atoms. The average Bonchev–Trinajstić information content (AvgIpc) is 2.72. The van der Waals surface area contributed by atoms with Crippen molar-refractivity contribution in [3.05, 3.63) is 27.7 Å². The smallest absolute Gasteiger partial charge is 0.323 e. The van der Waals surface area contributed by atoms with Gasteiger partial charge in [-0.05, 0) is 52.0 Å². The molecule has 0 aromatic heterocycles. The fourth-order valence-electron chi connectivity index (χ4n) is 2.23. The van der Waals surface area contributed by atoms with Gasteiger partial charge in [0.2, 0.25) is 6.41 Å². The molecule has 0 fully saturated rings. The molecule has 6 heteroatoms. The molecule has 1 aliphatic rings. The minimum atomic E-state index is -0.380. The maximum Gasteiger partial charge on any atom is 0.323 e. The summed E-state index contributed by atoms with van der Waals surface area (Å²) in [5.74, 6) is 0. The molecule has 0 spiro atoms. The van der Waals surface area contributed by atoms with E-state index in [1.807, 2.05) is 12.1 Å². The lowest BCUT2D eigenvalue weighted by atomic mass is 10.1. The van der Waals surface area contributed by atoms with E-state index in [4.69, 9.17) is 5.73 Å². The molecule has 3 N–H and O–H groups in total. The summed E-state index contributed by atoms with van der Waals surface area (Å²) in [5.41, 5.74) is 8.88. The number of hydrogen-bond acceptors (Lipinski definition) is 3. The lowest BCUT2D eigenvalue weighted by Crippen LogP contribution is -2.43. The van der Waals surface area contributed by atoms with Crippen LogP contribution in [0.2, 0.25) is 0 Å². The molecule has 96 valence electrons. The molecular weight excluding hydrogens is 298 g/mol. The van der Waals surface area contributed by atoms with E-state index in [0.29, 0.717) is 12.1 Å². The van der Waals surface area contributed by atoms with Crippen molar-refractivity contribution >= 4 is 34.1 Å². The maximum absolute atomic E-state index is 11.6. The summed E-state index contributed by atoms with van der Waals surface area (Å²) in [6.45, 7) is 0. The minimum absolute atomic E-state index is 0.0636. The first-order chi connectivity index (χ1) is 8.52. The zero-order chi connectivity index (χ0) is 13.3. The summed E-state index contributed by atoms with van der Waals surface area (Å²) in [7, 11) is 1.69. The third-order valence-corrected chi connectivity index (χ3v) is 3.97. The number of imide groups is 1. The maximum atomic E-state index is 11.6. The predicted octanol–water partition coefficient (Wildman–Crippen LogP) is 1.30. The van der Waals surface area contributed by atoms with Gasteiger partial charge in [-0.1, -0.05) is 0 Å². The molecular formula is C12H14BrN3O2. The molecule has 0 saturated carbocycles. The molecule has 5 nitrogen and oxygen atoms in total. The molecule has 2 rings (SSSR count). The predicted molar refractivity (Wildman–Crippen MR) is 72.1 cm³/mol. The Balaban J connectivity index is 2.14. The van der Waals surface area contributed by atoms with E-state index in [-0.39, 0.29) is 12.1 Å². The number of nitrogens with zero attached hydrogens (tertiary/aromatic N) is 1. The van der Waals surface area contributed by atoms with Crippen LogP contribution in [0.3, 0.4) is 0 Å². The second-order valence-corrected chi connectivity index (χ2v) is 5.24. The van der Waals surface area contributed by atoms with Gasteiger partial charge < -0.3 is 10.6 Å². The standard InChI is InChI=1S/C12H14BrN3O2/c1-16(12(18)15-6-17)9-2-7-4-10(13)11(14)5-8(7)3-9/h4-6,9H,2-3,14H2,1H3,(H,15,17,18). The van der Waals surface area contributed by atoms with Gasteiger partial charge in [0.05, 0.1) is 0 Å². The Bertz CT molecular complexity index is 473. The number of nitrogens with one attached hydrogen (secondary N) is 1. The molecule has 1 unspecified atom stereocenters. The third-order valence-electron chi connectivity index (χ3n) is 3.28. The number of carbonyl (C=O) groups excluding carboxylic acids is 2. The van der Waals surface area contributed by atoms with Gasteiger partial charge in [-0.3, -0.25) is 10.1 Å². The first-order valence-corrected chi connectivity index (χ1v) is 6.36. The number of anilines is 1. The third kappa shape index (κ3) is 2.33. The SMILES string of the molecule is CN(C(=O)NC=O)C1Cc2cc(N)c(Br)cc2C1. The second-order valence-electron chi connectivity index (χ2n) is 4.38. The summed E-state index contributed by atoms with van der Waals surface area (Å²) in [4.78, 5) is 23.4. The van der Waals surface area contributed by atoms with Gasteiger partial charge in [-0.15, -0.1) is 0 Å². The van der Waals surface area contributed by atoms with Crippen LogP contribution in [-0.2, 0) is 17.6 Å². The highest BCUT2D eigenvalue weighted by atomic mass is 79.9. The van der Waals surface area contributed by atoms with Crippen LogP contribution < -0.4 is 11.1 Å². The topological polar surface area (TPSA) is 75.4 Å². The number of amides is 3. The van der Waals surface area contributed by atoms with Crippen LogP contribution in [0.1, 0.15) is 11.1 Å². The van der Waals surface area contributed by atoms with Gasteiger partial charge in [-0.2, -0.15) is 0 Å². The van der Waals surface area contributed by atoms with Crippen molar-refractivity contribution in [2.24, 2.45) is 0 Å². The van der Waals surface area contributed by atoms with Gasteiger partial charge in [0.25, 0.3) is 0 Å². The lowest BCUT2D eigenvalue weighted by molar-refractivity contribution is -0.108. The highest BCUT2D eigenvalue weighted by molar-refractivity contribution is 9.10. The molecule has 1 aromatic rings. The fourth-order valence-corrected chi connectivity index (χ4v) is 2.62. The molecule has 1 atom stereocenters.